The molecule has 21 heavy (non-hydrogen) atoms. The SMILES string of the molecule is CC(CN1CCC2CCCCC21)(C(=O)O)c1ccccc1. The molecule has 3 atom stereocenters. The average molecular weight is 287 g/mol. The van der Waals surface area contributed by atoms with Crippen molar-refractivity contribution in [2.45, 2.75) is 50.5 Å². The Morgan fingerprint density at radius 3 is 2.67 bits per heavy atom. The summed E-state index contributed by atoms with van der Waals surface area (Å²) in [5, 5.41) is 9.82. The molecule has 1 N–H and O–H groups in total. The minimum absolute atomic E-state index is 0.612. The van der Waals surface area contributed by atoms with Crippen LogP contribution in [0.5, 0.6) is 0 Å². The first kappa shape index (κ1) is 14.6. The number of rotatable bonds is 4. The Morgan fingerprint density at radius 1 is 1.24 bits per heavy atom. The number of carboxylic acids is 1. The summed E-state index contributed by atoms with van der Waals surface area (Å²) in [6.07, 6.45) is 6.47. The van der Waals surface area contributed by atoms with Gasteiger partial charge in [0.15, 0.2) is 0 Å². The lowest BCUT2D eigenvalue weighted by molar-refractivity contribution is -0.144. The fourth-order valence-corrected chi connectivity index (χ4v) is 4.19. The van der Waals surface area contributed by atoms with Crippen LogP contribution >= 0.6 is 0 Å². The molecule has 0 aromatic heterocycles. The van der Waals surface area contributed by atoms with E-state index in [1.807, 2.05) is 37.3 Å². The predicted molar refractivity (Wildman–Crippen MR) is 83.4 cm³/mol. The number of benzene rings is 1. The third-order valence-electron chi connectivity index (χ3n) is 5.53. The van der Waals surface area contributed by atoms with E-state index in [-0.39, 0.29) is 0 Å². The molecule has 1 aromatic carbocycles. The van der Waals surface area contributed by atoms with E-state index in [9.17, 15) is 9.90 Å². The highest BCUT2D eigenvalue weighted by molar-refractivity contribution is 5.81. The number of likely N-dealkylation sites (tertiary alicyclic amines) is 1. The van der Waals surface area contributed by atoms with Gasteiger partial charge in [0.2, 0.25) is 0 Å². The second-order valence-corrected chi connectivity index (χ2v) is 6.87. The Morgan fingerprint density at radius 2 is 1.95 bits per heavy atom. The number of fused-ring (bicyclic) bond motifs is 1. The lowest BCUT2D eigenvalue weighted by Gasteiger charge is -2.37. The summed E-state index contributed by atoms with van der Waals surface area (Å²) in [4.78, 5) is 14.4. The standard InChI is InChI=1S/C18H25NO2/c1-18(17(20)21,15-8-3-2-4-9-15)13-19-12-11-14-7-5-6-10-16(14)19/h2-4,8-9,14,16H,5-7,10-13H2,1H3,(H,20,21). The van der Waals surface area contributed by atoms with E-state index >= 15 is 0 Å². The summed E-state index contributed by atoms with van der Waals surface area (Å²) in [6.45, 7) is 3.57. The molecule has 3 rings (SSSR count). The molecule has 1 aromatic rings. The van der Waals surface area contributed by atoms with Crippen LogP contribution < -0.4 is 0 Å². The van der Waals surface area contributed by atoms with E-state index in [2.05, 4.69) is 4.90 Å². The Bertz CT molecular complexity index is 501. The zero-order chi connectivity index (χ0) is 14.9. The van der Waals surface area contributed by atoms with Crippen LogP contribution in [0.15, 0.2) is 30.3 Å². The molecule has 3 nitrogen and oxygen atoms in total. The molecule has 0 amide bonds. The van der Waals surface area contributed by atoms with Gasteiger partial charge in [0.1, 0.15) is 5.41 Å². The van der Waals surface area contributed by atoms with Crippen LogP contribution in [0.2, 0.25) is 0 Å². The van der Waals surface area contributed by atoms with Gasteiger partial charge in [-0.3, -0.25) is 9.69 Å². The number of carboxylic acid groups (broad SMARTS) is 1. The molecule has 1 saturated carbocycles. The van der Waals surface area contributed by atoms with Crippen LogP contribution in [0.4, 0.5) is 0 Å². The number of nitrogens with zero attached hydrogens (tertiary/aromatic N) is 1. The number of carbonyl (C=O) groups is 1. The minimum Gasteiger partial charge on any atom is -0.481 e. The quantitative estimate of drug-likeness (QED) is 0.923. The highest BCUT2D eigenvalue weighted by Gasteiger charge is 2.43. The fraction of sp³-hybridized carbons (Fsp3) is 0.611. The maximum Gasteiger partial charge on any atom is 0.315 e. The summed E-state index contributed by atoms with van der Waals surface area (Å²) >= 11 is 0. The van der Waals surface area contributed by atoms with Crippen LogP contribution in [0.3, 0.4) is 0 Å². The van der Waals surface area contributed by atoms with Gasteiger partial charge < -0.3 is 5.11 Å². The second-order valence-electron chi connectivity index (χ2n) is 6.87. The lowest BCUT2D eigenvalue weighted by atomic mass is 9.80. The van der Waals surface area contributed by atoms with E-state index in [1.165, 1.54) is 32.1 Å². The Balaban J connectivity index is 1.81. The molecule has 1 aliphatic heterocycles. The van der Waals surface area contributed by atoms with Crippen molar-refractivity contribution in [3.05, 3.63) is 35.9 Å². The van der Waals surface area contributed by atoms with Gasteiger partial charge in [0.25, 0.3) is 0 Å². The van der Waals surface area contributed by atoms with Gasteiger partial charge in [0, 0.05) is 12.6 Å². The van der Waals surface area contributed by atoms with Crippen molar-refractivity contribution in [2.75, 3.05) is 13.1 Å². The summed E-state index contributed by atoms with van der Waals surface area (Å²) in [6, 6.07) is 10.3. The van der Waals surface area contributed by atoms with E-state index in [0.717, 1.165) is 18.0 Å². The van der Waals surface area contributed by atoms with E-state index in [4.69, 9.17) is 0 Å². The first-order chi connectivity index (χ1) is 10.1. The molecule has 0 spiro atoms. The molecule has 3 unspecified atom stereocenters. The third kappa shape index (κ3) is 2.71. The molecule has 1 aliphatic carbocycles. The average Bonchev–Trinajstić information content (AvgIpc) is 2.91. The molecule has 1 heterocycles. The van der Waals surface area contributed by atoms with Crippen LogP contribution in [0.1, 0.15) is 44.6 Å². The number of aliphatic carboxylic acids is 1. The van der Waals surface area contributed by atoms with E-state index in [1.54, 1.807) is 0 Å². The van der Waals surface area contributed by atoms with Crippen molar-refractivity contribution in [2.24, 2.45) is 5.92 Å². The summed E-state index contributed by atoms with van der Waals surface area (Å²) in [5.74, 6) is 0.0838. The first-order valence-electron chi connectivity index (χ1n) is 8.14. The van der Waals surface area contributed by atoms with Crippen molar-refractivity contribution in [1.29, 1.82) is 0 Å². The van der Waals surface area contributed by atoms with Gasteiger partial charge in [-0.25, -0.2) is 0 Å². The Labute approximate surface area is 127 Å². The number of hydrogen-bond donors (Lipinski definition) is 1. The Hall–Kier alpha value is -1.35. The number of hydrogen-bond acceptors (Lipinski definition) is 2. The molecule has 114 valence electrons. The maximum absolute atomic E-state index is 11.9. The summed E-state index contributed by atoms with van der Waals surface area (Å²) in [5.41, 5.74) is 0.102. The normalized spacial score (nSPS) is 28.8. The van der Waals surface area contributed by atoms with Crippen molar-refractivity contribution in [3.63, 3.8) is 0 Å². The van der Waals surface area contributed by atoms with Crippen LogP contribution in [0, 0.1) is 5.92 Å². The van der Waals surface area contributed by atoms with Gasteiger partial charge >= 0.3 is 5.97 Å². The van der Waals surface area contributed by atoms with Crippen molar-refractivity contribution >= 4 is 5.97 Å². The molecule has 2 aliphatic rings. The first-order valence-corrected chi connectivity index (χ1v) is 8.14. The second kappa shape index (κ2) is 5.80. The molecular weight excluding hydrogens is 262 g/mol. The third-order valence-corrected chi connectivity index (χ3v) is 5.53. The van der Waals surface area contributed by atoms with Gasteiger partial charge in [-0.05, 0) is 44.2 Å². The van der Waals surface area contributed by atoms with Crippen molar-refractivity contribution < 1.29 is 9.90 Å². The van der Waals surface area contributed by atoms with Crippen molar-refractivity contribution in [3.8, 4) is 0 Å². The van der Waals surface area contributed by atoms with Crippen LogP contribution in [-0.4, -0.2) is 35.1 Å². The minimum atomic E-state index is -0.812. The predicted octanol–water partition coefficient (Wildman–Crippen LogP) is 3.29. The zero-order valence-electron chi connectivity index (χ0n) is 12.8. The van der Waals surface area contributed by atoms with Gasteiger partial charge in [-0.1, -0.05) is 43.2 Å². The summed E-state index contributed by atoms with van der Waals surface area (Å²) in [7, 11) is 0. The molecule has 0 radical (unpaired) electrons. The van der Waals surface area contributed by atoms with Crippen LogP contribution in [0.25, 0.3) is 0 Å². The molecular formula is C18H25NO2. The zero-order valence-corrected chi connectivity index (χ0v) is 12.8. The van der Waals surface area contributed by atoms with E-state index in [0.29, 0.717) is 12.6 Å². The molecule has 2 fully saturated rings. The molecule has 1 saturated heterocycles. The van der Waals surface area contributed by atoms with Crippen LogP contribution in [-0.2, 0) is 10.2 Å². The van der Waals surface area contributed by atoms with Gasteiger partial charge in [-0.2, -0.15) is 0 Å². The highest BCUT2D eigenvalue weighted by atomic mass is 16.4. The lowest BCUT2D eigenvalue weighted by Crippen LogP contribution is -2.47. The van der Waals surface area contributed by atoms with E-state index < -0.39 is 11.4 Å². The largest absolute Gasteiger partial charge is 0.481 e. The summed E-state index contributed by atoms with van der Waals surface area (Å²) < 4.78 is 0. The fourth-order valence-electron chi connectivity index (χ4n) is 4.19. The maximum atomic E-state index is 11.9. The van der Waals surface area contributed by atoms with Gasteiger partial charge in [0.05, 0.1) is 0 Å². The molecule has 3 heteroatoms. The monoisotopic (exact) mass is 287 g/mol. The molecule has 0 bridgehead atoms. The topological polar surface area (TPSA) is 40.5 Å². The highest BCUT2D eigenvalue weighted by Crippen LogP contribution is 2.38. The Kier molecular flexibility index (Phi) is 4.03. The smallest absolute Gasteiger partial charge is 0.315 e. The van der Waals surface area contributed by atoms with Gasteiger partial charge in [-0.15, -0.1) is 0 Å². The van der Waals surface area contributed by atoms with Crippen molar-refractivity contribution in [1.82, 2.24) is 4.90 Å².